The third-order valence-electron chi connectivity index (χ3n) is 3.81. The number of nitrogens with one attached hydrogen (secondary N) is 1. The molecular formula is C18H21N5O2. The van der Waals surface area contributed by atoms with Crippen LogP contribution in [0.25, 0.3) is 0 Å². The number of carbonyl (C=O) groups is 1. The number of benzene rings is 1. The molecule has 2 aromatic heterocycles. The SMILES string of the molecule is CN(Cc1ccccc1)Cc1cc(C(=O)N(C)Cc2ccn[nH]2)no1. The second-order valence-corrected chi connectivity index (χ2v) is 6.08. The highest BCUT2D eigenvalue weighted by Crippen LogP contribution is 2.12. The van der Waals surface area contributed by atoms with Gasteiger partial charge in [0.05, 0.1) is 18.8 Å². The number of aromatic nitrogens is 3. The van der Waals surface area contributed by atoms with Gasteiger partial charge in [-0.05, 0) is 18.7 Å². The van der Waals surface area contributed by atoms with Crippen LogP contribution < -0.4 is 0 Å². The first kappa shape index (κ1) is 16.9. The molecule has 0 radical (unpaired) electrons. The maximum absolute atomic E-state index is 12.4. The molecule has 25 heavy (non-hydrogen) atoms. The monoisotopic (exact) mass is 339 g/mol. The standard InChI is InChI=1S/C18H21N5O2/c1-22(11-14-6-4-3-5-7-14)13-16-10-17(21-25-16)18(24)23(2)12-15-8-9-19-20-15/h3-10H,11-13H2,1-2H3,(H,19,20). The van der Waals surface area contributed by atoms with Gasteiger partial charge in [0.25, 0.3) is 5.91 Å². The van der Waals surface area contributed by atoms with Crippen molar-refractivity contribution in [3.8, 4) is 0 Å². The first-order valence-electron chi connectivity index (χ1n) is 8.03. The first-order valence-corrected chi connectivity index (χ1v) is 8.03. The molecule has 7 nitrogen and oxygen atoms in total. The molecule has 0 aliphatic rings. The molecule has 7 heteroatoms. The Morgan fingerprint density at radius 1 is 1.12 bits per heavy atom. The second kappa shape index (κ2) is 7.76. The summed E-state index contributed by atoms with van der Waals surface area (Å²) in [6, 6.07) is 13.7. The quantitative estimate of drug-likeness (QED) is 0.714. The van der Waals surface area contributed by atoms with E-state index >= 15 is 0 Å². The lowest BCUT2D eigenvalue weighted by Gasteiger charge is -2.14. The van der Waals surface area contributed by atoms with Gasteiger partial charge < -0.3 is 9.42 Å². The van der Waals surface area contributed by atoms with Gasteiger partial charge in [0, 0.05) is 25.9 Å². The maximum Gasteiger partial charge on any atom is 0.276 e. The number of carbonyl (C=O) groups excluding carboxylic acids is 1. The van der Waals surface area contributed by atoms with Crippen molar-refractivity contribution in [2.24, 2.45) is 0 Å². The molecule has 2 heterocycles. The predicted octanol–water partition coefficient (Wildman–Crippen LogP) is 2.30. The summed E-state index contributed by atoms with van der Waals surface area (Å²) < 4.78 is 5.32. The van der Waals surface area contributed by atoms with E-state index in [2.05, 4.69) is 32.4 Å². The van der Waals surface area contributed by atoms with Crippen LogP contribution in [0.2, 0.25) is 0 Å². The Morgan fingerprint density at radius 3 is 2.64 bits per heavy atom. The smallest absolute Gasteiger partial charge is 0.276 e. The fraction of sp³-hybridized carbons (Fsp3) is 0.278. The molecule has 0 bridgehead atoms. The lowest BCUT2D eigenvalue weighted by molar-refractivity contribution is 0.0773. The Labute approximate surface area is 146 Å². The van der Waals surface area contributed by atoms with Crippen LogP contribution in [0.1, 0.15) is 27.5 Å². The molecule has 0 unspecified atom stereocenters. The highest BCUT2D eigenvalue weighted by molar-refractivity contribution is 5.92. The lowest BCUT2D eigenvalue weighted by Crippen LogP contribution is -2.26. The van der Waals surface area contributed by atoms with Crippen molar-refractivity contribution in [2.75, 3.05) is 14.1 Å². The predicted molar refractivity (Wildman–Crippen MR) is 92.5 cm³/mol. The van der Waals surface area contributed by atoms with Crippen LogP contribution in [0.4, 0.5) is 0 Å². The van der Waals surface area contributed by atoms with Gasteiger partial charge in [-0.1, -0.05) is 35.5 Å². The normalized spacial score (nSPS) is 11.0. The summed E-state index contributed by atoms with van der Waals surface area (Å²) in [5, 5.41) is 10.6. The van der Waals surface area contributed by atoms with Crippen molar-refractivity contribution in [3.05, 3.63) is 71.4 Å². The van der Waals surface area contributed by atoms with Crippen molar-refractivity contribution >= 4 is 5.91 Å². The van der Waals surface area contributed by atoms with Gasteiger partial charge in [0.15, 0.2) is 11.5 Å². The molecular weight excluding hydrogens is 318 g/mol. The number of amides is 1. The average Bonchev–Trinajstić information content (AvgIpc) is 3.27. The third-order valence-corrected chi connectivity index (χ3v) is 3.81. The average molecular weight is 339 g/mol. The number of hydrogen-bond acceptors (Lipinski definition) is 5. The Morgan fingerprint density at radius 2 is 1.92 bits per heavy atom. The van der Waals surface area contributed by atoms with Crippen LogP contribution in [0, 0.1) is 0 Å². The van der Waals surface area contributed by atoms with Crippen molar-refractivity contribution < 1.29 is 9.32 Å². The van der Waals surface area contributed by atoms with Gasteiger partial charge in [0.1, 0.15) is 0 Å². The van der Waals surface area contributed by atoms with Gasteiger partial charge in [-0.15, -0.1) is 0 Å². The summed E-state index contributed by atoms with van der Waals surface area (Å²) in [5.74, 6) is 0.479. The second-order valence-electron chi connectivity index (χ2n) is 6.08. The zero-order chi connectivity index (χ0) is 17.6. The molecule has 3 aromatic rings. The van der Waals surface area contributed by atoms with E-state index in [1.165, 1.54) is 5.56 Å². The molecule has 1 N–H and O–H groups in total. The van der Waals surface area contributed by atoms with Crippen LogP contribution in [0.15, 0.2) is 53.2 Å². The van der Waals surface area contributed by atoms with E-state index in [-0.39, 0.29) is 5.91 Å². The molecule has 130 valence electrons. The van der Waals surface area contributed by atoms with Gasteiger partial charge >= 0.3 is 0 Å². The molecule has 3 rings (SSSR count). The van der Waals surface area contributed by atoms with Crippen LogP contribution >= 0.6 is 0 Å². The minimum Gasteiger partial charge on any atom is -0.359 e. The van der Waals surface area contributed by atoms with E-state index in [1.807, 2.05) is 31.3 Å². The highest BCUT2D eigenvalue weighted by atomic mass is 16.5. The highest BCUT2D eigenvalue weighted by Gasteiger charge is 2.18. The fourth-order valence-corrected chi connectivity index (χ4v) is 2.60. The lowest BCUT2D eigenvalue weighted by atomic mass is 10.2. The Kier molecular flexibility index (Phi) is 5.25. The van der Waals surface area contributed by atoms with Gasteiger partial charge in [-0.2, -0.15) is 5.10 Å². The molecule has 0 saturated carbocycles. The van der Waals surface area contributed by atoms with E-state index in [0.29, 0.717) is 24.5 Å². The van der Waals surface area contributed by atoms with Gasteiger partial charge in [0.2, 0.25) is 0 Å². The van der Waals surface area contributed by atoms with E-state index in [1.54, 1.807) is 24.2 Å². The largest absolute Gasteiger partial charge is 0.359 e. The van der Waals surface area contributed by atoms with E-state index in [4.69, 9.17) is 4.52 Å². The van der Waals surface area contributed by atoms with Crippen molar-refractivity contribution in [2.45, 2.75) is 19.6 Å². The zero-order valence-corrected chi connectivity index (χ0v) is 14.3. The minimum absolute atomic E-state index is 0.185. The number of rotatable bonds is 7. The van der Waals surface area contributed by atoms with Crippen LogP contribution in [0.5, 0.6) is 0 Å². The topological polar surface area (TPSA) is 78.3 Å². The van der Waals surface area contributed by atoms with Crippen molar-refractivity contribution in [1.29, 1.82) is 0 Å². The fourth-order valence-electron chi connectivity index (χ4n) is 2.60. The molecule has 0 saturated heterocycles. The summed E-state index contributed by atoms with van der Waals surface area (Å²) >= 11 is 0. The van der Waals surface area contributed by atoms with Gasteiger partial charge in [-0.3, -0.25) is 14.8 Å². The van der Waals surface area contributed by atoms with Crippen LogP contribution in [-0.2, 0) is 19.6 Å². The molecule has 0 aliphatic heterocycles. The van der Waals surface area contributed by atoms with Crippen molar-refractivity contribution in [3.63, 3.8) is 0 Å². The zero-order valence-electron chi connectivity index (χ0n) is 14.3. The number of nitrogens with zero attached hydrogens (tertiary/aromatic N) is 4. The summed E-state index contributed by atoms with van der Waals surface area (Å²) in [5.41, 5.74) is 2.40. The number of aromatic amines is 1. The Hall–Kier alpha value is -2.93. The van der Waals surface area contributed by atoms with E-state index in [9.17, 15) is 4.79 Å². The van der Waals surface area contributed by atoms with Crippen LogP contribution in [-0.4, -0.2) is 45.2 Å². The van der Waals surface area contributed by atoms with Gasteiger partial charge in [-0.25, -0.2) is 0 Å². The molecule has 0 fully saturated rings. The van der Waals surface area contributed by atoms with E-state index in [0.717, 1.165) is 12.2 Å². The molecule has 0 spiro atoms. The maximum atomic E-state index is 12.4. The molecule has 0 atom stereocenters. The molecule has 0 aliphatic carbocycles. The Balaban J connectivity index is 1.57. The number of H-pyrrole nitrogens is 1. The first-order chi connectivity index (χ1) is 12.1. The van der Waals surface area contributed by atoms with E-state index < -0.39 is 0 Å². The summed E-state index contributed by atoms with van der Waals surface area (Å²) in [4.78, 5) is 16.1. The molecule has 1 aromatic carbocycles. The summed E-state index contributed by atoms with van der Waals surface area (Å²) in [7, 11) is 3.72. The van der Waals surface area contributed by atoms with Crippen LogP contribution in [0.3, 0.4) is 0 Å². The molecule has 1 amide bonds. The summed E-state index contributed by atoms with van der Waals surface area (Å²) in [6.45, 7) is 1.82. The number of hydrogen-bond donors (Lipinski definition) is 1. The third kappa shape index (κ3) is 4.54. The van der Waals surface area contributed by atoms with Crippen molar-refractivity contribution in [1.82, 2.24) is 25.2 Å². The summed E-state index contributed by atoms with van der Waals surface area (Å²) in [6.07, 6.45) is 1.66. The minimum atomic E-state index is -0.185. The Bertz CT molecular complexity index is 798.